The van der Waals surface area contributed by atoms with Crippen LogP contribution in [-0.2, 0) is 7.05 Å². The molecule has 2 heterocycles. The van der Waals surface area contributed by atoms with Gasteiger partial charge in [-0.3, -0.25) is 0 Å². The fourth-order valence-corrected chi connectivity index (χ4v) is 5.94. The Kier molecular flexibility index (Phi) is 3.58. The minimum atomic E-state index is 1.19. The summed E-state index contributed by atoms with van der Waals surface area (Å²) in [7, 11) is 2.20. The van der Waals surface area contributed by atoms with E-state index in [4.69, 9.17) is 0 Å². The molecule has 2 aromatic heterocycles. The van der Waals surface area contributed by atoms with Crippen molar-refractivity contribution in [2.45, 2.75) is 33.1 Å². The van der Waals surface area contributed by atoms with E-state index in [0.29, 0.717) is 0 Å². The van der Waals surface area contributed by atoms with Crippen molar-refractivity contribution >= 4 is 43.5 Å². The van der Waals surface area contributed by atoms with E-state index in [1.807, 2.05) is 11.3 Å². The van der Waals surface area contributed by atoms with Gasteiger partial charge in [-0.2, -0.15) is 0 Å². The smallest absolute Gasteiger partial charge is 0.0486 e. The summed E-state index contributed by atoms with van der Waals surface area (Å²) in [5.74, 6) is 0. The Hall–Kier alpha value is -2.32. The second-order valence-electron chi connectivity index (χ2n) is 7.40. The number of fused-ring (bicyclic) bond motifs is 2. The van der Waals surface area contributed by atoms with Crippen LogP contribution in [0.2, 0.25) is 0 Å². The van der Waals surface area contributed by atoms with Gasteiger partial charge in [0, 0.05) is 38.8 Å². The van der Waals surface area contributed by atoms with Crippen molar-refractivity contribution in [3.8, 4) is 0 Å². The van der Waals surface area contributed by atoms with Crippen LogP contribution in [0, 0.1) is 13.8 Å². The molecular weight excluding hydrogens is 334 g/mol. The minimum absolute atomic E-state index is 1.19. The van der Waals surface area contributed by atoms with Crippen molar-refractivity contribution in [2.24, 2.45) is 7.05 Å². The van der Waals surface area contributed by atoms with Crippen molar-refractivity contribution in [2.75, 3.05) is 0 Å². The van der Waals surface area contributed by atoms with E-state index >= 15 is 0 Å². The zero-order chi connectivity index (χ0) is 17.8. The van der Waals surface area contributed by atoms with Gasteiger partial charge in [-0.1, -0.05) is 36.4 Å². The Morgan fingerprint density at radius 2 is 1.54 bits per heavy atom. The first-order valence-electron chi connectivity index (χ1n) is 9.41. The number of aromatic nitrogens is 1. The summed E-state index contributed by atoms with van der Waals surface area (Å²) in [6.07, 6.45) is 3.66. The van der Waals surface area contributed by atoms with Gasteiger partial charge in [0.15, 0.2) is 0 Å². The first-order chi connectivity index (χ1) is 12.7. The predicted molar refractivity (Wildman–Crippen MR) is 115 cm³/mol. The lowest BCUT2D eigenvalue weighted by Gasteiger charge is -2.09. The number of nitrogens with zero attached hydrogens (tertiary/aromatic N) is 1. The molecule has 0 fully saturated rings. The number of rotatable bonds is 2. The largest absolute Gasteiger partial charge is 0.347 e. The van der Waals surface area contributed by atoms with Crippen molar-refractivity contribution in [1.29, 1.82) is 0 Å². The van der Waals surface area contributed by atoms with Gasteiger partial charge in [-0.25, -0.2) is 0 Å². The number of hydrogen-bond donors (Lipinski definition) is 0. The lowest BCUT2D eigenvalue weighted by Crippen LogP contribution is -1.92. The van der Waals surface area contributed by atoms with Gasteiger partial charge in [0.2, 0.25) is 0 Å². The molecule has 0 saturated heterocycles. The molecule has 0 saturated carbocycles. The maximum Gasteiger partial charge on any atom is 0.0486 e. The highest BCUT2D eigenvalue weighted by atomic mass is 32.1. The highest BCUT2D eigenvalue weighted by molar-refractivity contribution is 7.20. The summed E-state index contributed by atoms with van der Waals surface area (Å²) < 4.78 is 3.76. The molecule has 1 aliphatic carbocycles. The summed E-state index contributed by atoms with van der Waals surface area (Å²) in [5, 5.41) is 2.82. The predicted octanol–water partition coefficient (Wildman–Crippen LogP) is 7.10. The van der Waals surface area contributed by atoms with Crippen LogP contribution in [0.5, 0.6) is 0 Å². The standard InChI is InChI=1S/C24H23NS/c1-15-17-9-5-7-14-22(17)26-24(15)19-12-8-11-18(19)23-16(2)25(3)21-13-6-4-10-20(21)23/h4-7,9-10,13-14H,8,11-12H2,1-3H3. The fourth-order valence-electron chi connectivity index (χ4n) is 4.63. The molecule has 0 N–H and O–H groups in total. The molecule has 0 amide bonds. The Morgan fingerprint density at radius 3 is 2.35 bits per heavy atom. The molecule has 0 aliphatic heterocycles. The molecule has 0 atom stereocenters. The van der Waals surface area contributed by atoms with Gasteiger partial charge in [0.1, 0.15) is 0 Å². The molecule has 130 valence electrons. The second kappa shape index (κ2) is 5.85. The van der Waals surface area contributed by atoms with E-state index in [1.165, 1.54) is 61.9 Å². The zero-order valence-electron chi connectivity index (χ0n) is 15.6. The molecule has 0 unspecified atom stereocenters. The van der Waals surface area contributed by atoms with Crippen LogP contribution in [0.4, 0.5) is 0 Å². The van der Waals surface area contributed by atoms with Crippen LogP contribution >= 0.6 is 11.3 Å². The molecule has 0 radical (unpaired) electrons. The van der Waals surface area contributed by atoms with E-state index in [0.717, 1.165) is 0 Å². The quantitative estimate of drug-likeness (QED) is 0.360. The Labute approximate surface area is 158 Å². The van der Waals surface area contributed by atoms with Crippen LogP contribution in [0.15, 0.2) is 48.5 Å². The van der Waals surface area contributed by atoms with Crippen molar-refractivity contribution in [3.63, 3.8) is 0 Å². The maximum absolute atomic E-state index is 2.35. The highest BCUT2D eigenvalue weighted by Gasteiger charge is 2.25. The Bertz CT molecular complexity index is 1190. The summed E-state index contributed by atoms with van der Waals surface area (Å²) in [4.78, 5) is 1.51. The molecule has 1 aliphatic rings. The SMILES string of the molecule is Cc1c(C2=C(c3c(C)n(C)c4ccccc34)CCC2)sc2ccccc12. The van der Waals surface area contributed by atoms with Crippen molar-refractivity contribution in [3.05, 3.63) is 70.2 Å². The molecule has 0 spiro atoms. The lowest BCUT2D eigenvalue weighted by molar-refractivity contribution is 0.909. The van der Waals surface area contributed by atoms with E-state index in [9.17, 15) is 0 Å². The summed E-state index contributed by atoms with van der Waals surface area (Å²) in [5.41, 5.74) is 8.83. The first kappa shape index (κ1) is 15.9. The van der Waals surface area contributed by atoms with Crippen LogP contribution in [0.3, 0.4) is 0 Å². The van der Waals surface area contributed by atoms with Crippen LogP contribution in [0.1, 0.15) is 41.0 Å². The van der Waals surface area contributed by atoms with Crippen LogP contribution in [-0.4, -0.2) is 4.57 Å². The summed E-state index contributed by atoms with van der Waals surface area (Å²) in [6.45, 7) is 4.57. The molecule has 2 aromatic carbocycles. The highest BCUT2D eigenvalue weighted by Crippen LogP contribution is 2.47. The van der Waals surface area contributed by atoms with Gasteiger partial charge < -0.3 is 4.57 Å². The number of aryl methyl sites for hydroxylation is 2. The van der Waals surface area contributed by atoms with Gasteiger partial charge in [0.05, 0.1) is 0 Å². The minimum Gasteiger partial charge on any atom is -0.347 e. The van der Waals surface area contributed by atoms with Crippen molar-refractivity contribution < 1.29 is 0 Å². The Morgan fingerprint density at radius 1 is 0.846 bits per heavy atom. The Balaban J connectivity index is 1.81. The van der Waals surface area contributed by atoms with Gasteiger partial charge in [-0.05, 0) is 67.3 Å². The molecule has 1 nitrogen and oxygen atoms in total. The molecule has 0 bridgehead atoms. The molecule has 2 heteroatoms. The first-order valence-corrected chi connectivity index (χ1v) is 10.2. The number of para-hydroxylation sites is 1. The van der Waals surface area contributed by atoms with E-state index in [1.54, 1.807) is 11.1 Å². The van der Waals surface area contributed by atoms with Gasteiger partial charge in [0.25, 0.3) is 0 Å². The average Bonchev–Trinajstić information content (AvgIpc) is 3.32. The van der Waals surface area contributed by atoms with Crippen LogP contribution in [0.25, 0.3) is 32.1 Å². The third kappa shape index (κ3) is 2.15. The lowest BCUT2D eigenvalue weighted by atomic mass is 9.97. The molecule has 26 heavy (non-hydrogen) atoms. The number of thiophene rings is 1. The monoisotopic (exact) mass is 357 g/mol. The topological polar surface area (TPSA) is 4.93 Å². The molecule has 5 rings (SSSR count). The third-order valence-electron chi connectivity index (χ3n) is 6.04. The van der Waals surface area contributed by atoms with Crippen molar-refractivity contribution in [1.82, 2.24) is 4.57 Å². The number of hydrogen-bond acceptors (Lipinski definition) is 1. The molecule has 4 aromatic rings. The summed E-state index contributed by atoms with van der Waals surface area (Å²) >= 11 is 1.97. The second-order valence-corrected chi connectivity index (χ2v) is 8.45. The number of benzene rings is 2. The maximum atomic E-state index is 2.35. The van der Waals surface area contributed by atoms with Crippen LogP contribution < -0.4 is 0 Å². The van der Waals surface area contributed by atoms with Gasteiger partial charge in [-0.15, -0.1) is 11.3 Å². The number of allylic oxidation sites excluding steroid dienone is 2. The third-order valence-corrected chi connectivity index (χ3v) is 7.37. The van der Waals surface area contributed by atoms with Gasteiger partial charge >= 0.3 is 0 Å². The van der Waals surface area contributed by atoms with E-state index in [2.05, 4.69) is 74.0 Å². The summed E-state index contributed by atoms with van der Waals surface area (Å²) in [6, 6.07) is 17.7. The average molecular weight is 358 g/mol. The van der Waals surface area contributed by atoms with E-state index in [-0.39, 0.29) is 0 Å². The fraction of sp³-hybridized carbons (Fsp3) is 0.250. The normalized spacial score (nSPS) is 14.9. The zero-order valence-corrected chi connectivity index (χ0v) is 16.4. The molecular formula is C24H23NS. The van der Waals surface area contributed by atoms with E-state index < -0.39 is 0 Å².